The van der Waals surface area contributed by atoms with Gasteiger partial charge in [-0.05, 0) is 36.3 Å². The van der Waals surface area contributed by atoms with Gasteiger partial charge in [0.05, 0.1) is 5.71 Å². The van der Waals surface area contributed by atoms with Crippen molar-refractivity contribution in [3.8, 4) is 5.75 Å². The van der Waals surface area contributed by atoms with Crippen LogP contribution in [-0.2, 0) is 15.8 Å². The fourth-order valence-corrected chi connectivity index (χ4v) is 2.70. The van der Waals surface area contributed by atoms with Gasteiger partial charge in [-0.2, -0.15) is 4.76 Å². The van der Waals surface area contributed by atoms with E-state index < -0.39 is 7.75 Å². The molecule has 0 spiro atoms. The quantitative estimate of drug-likeness (QED) is 0.610. The molecular formula is C15H16NO6P. The lowest BCUT2D eigenvalue weighted by molar-refractivity contribution is -0.115. The van der Waals surface area contributed by atoms with Crippen LogP contribution >= 0.6 is 7.75 Å². The number of aryl methyl sites for hydroxylation is 1. The topological polar surface area (TPSA) is 127 Å². The van der Waals surface area contributed by atoms with E-state index in [4.69, 9.17) is 9.79 Å². The maximum atomic E-state index is 12.3. The summed E-state index contributed by atoms with van der Waals surface area (Å²) in [7, 11) is -4.66. The number of carbonyl (C=O) groups is 1. The first-order valence-electron chi connectivity index (χ1n) is 6.81. The van der Waals surface area contributed by atoms with Gasteiger partial charge in [0, 0.05) is 18.4 Å². The maximum Gasteiger partial charge on any atom is 0.448 e. The van der Waals surface area contributed by atoms with Crippen molar-refractivity contribution in [1.29, 1.82) is 0 Å². The molecular weight excluding hydrogens is 321 g/mol. The van der Waals surface area contributed by atoms with Crippen LogP contribution in [0.3, 0.4) is 0 Å². The predicted octanol–water partition coefficient (Wildman–Crippen LogP) is 2.20. The van der Waals surface area contributed by atoms with E-state index in [0.717, 1.165) is 11.6 Å². The van der Waals surface area contributed by atoms with Crippen molar-refractivity contribution in [3.05, 3.63) is 53.3 Å². The highest BCUT2D eigenvalue weighted by Crippen LogP contribution is 2.38. The molecule has 1 aromatic carbocycles. The molecule has 0 atom stereocenters. The number of aromatic hydroxyl groups is 1. The number of hydrogen-bond donors (Lipinski definition) is 4. The molecule has 0 radical (unpaired) electrons. The Morgan fingerprint density at radius 1 is 1.26 bits per heavy atom. The van der Waals surface area contributed by atoms with Crippen LogP contribution < -0.4 is 0 Å². The fraction of sp³-hybridized carbons (Fsp3) is 0.200. The van der Waals surface area contributed by atoms with E-state index in [9.17, 15) is 19.6 Å². The van der Waals surface area contributed by atoms with Gasteiger partial charge in [0.1, 0.15) is 11.5 Å². The molecule has 0 aromatic heterocycles. The van der Waals surface area contributed by atoms with Gasteiger partial charge in [0.15, 0.2) is 5.78 Å². The summed E-state index contributed by atoms with van der Waals surface area (Å²) in [4.78, 5) is 30.2. The molecule has 122 valence electrons. The highest BCUT2D eigenvalue weighted by Gasteiger charge is 2.23. The zero-order valence-electron chi connectivity index (χ0n) is 12.1. The van der Waals surface area contributed by atoms with Crippen LogP contribution in [0.1, 0.15) is 18.4 Å². The smallest absolute Gasteiger partial charge is 0.448 e. The molecule has 0 bridgehead atoms. The Morgan fingerprint density at radius 2 is 2.00 bits per heavy atom. The molecule has 8 heteroatoms. The number of phenols is 1. The zero-order chi connectivity index (χ0) is 17.0. The number of phenolic OH excluding ortho intramolecular Hbond substituents is 1. The molecule has 0 aliphatic heterocycles. The molecule has 0 fully saturated rings. The number of hydrogen-bond acceptors (Lipinski definition) is 4. The maximum absolute atomic E-state index is 12.3. The summed E-state index contributed by atoms with van der Waals surface area (Å²) in [5, 5.41) is 18.9. The van der Waals surface area contributed by atoms with Crippen LogP contribution in [0.5, 0.6) is 5.75 Å². The van der Waals surface area contributed by atoms with Gasteiger partial charge < -0.3 is 20.0 Å². The van der Waals surface area contributed by atoms with Crippen molar-refractivity contribution in [1.82, 2.24) is 0 Å². The van der Waals surface area contributed by atoms with Gasteiger partial charge in [-0.15, -0.1) is 0 Å². The van der Waals surface area contributed by atoms with Crippen molar-refractivity contribution in [3.63, 3.8) is 0 Å². The Morgan fingerprint density at radius 3 is 2.65 bits per heavy atom. The number of rotatable bonds is 5. The average Bonchev–Trinajstić information content (AvgIpc) is 2.45. The van der Waals surface area contributed by atoms with Crippen molar-refractivity contribution in [2.45, 2.75) is 19.3 Å². The second-order valence-electron chi connectivity index (χ2n) is 5.04. The van der Waals surface area contributed by atoms with Gasteiger partial charge in [-0.3, -0.25) is 4.79 Å². The lowest BCUT2D eigenvalue weighted by atomic mass is 9.94. The van der Waals surface area contributed by atoms with Gasteiger partial charge in [-0.25, -0.2) is 4.57 Å². The summed E-state index contributed by atoms with van der Waals surface area (Å²) < 4.78 is 14.3. The molecule has 0 saturated carbocycles. The minimum Gasteiger partial charge on any atom is -0.508 e. The molecule has 23 heavy (non-hydrogen) atoms. The summed E-state index contributed by atoms with van der Waals surface area (Å²) in [5.74, 6) is -0.438. The van der Waals surface area contributed by atoms with E-state index in [1.54, 1.807) is 12.1 Å². The van der Waals surface area contributed by atoms with Crippen LogP contribution in [0.4, 0.5) is 0 Å². The molecule has 1 aliphatic rings. The van der Waals surface area contributed by atoms with Gasteiger partial charge in [0.25, 0.3) is 0 Å². The second kappa shape index (κ2) is 6.91. The Labute approximate surface area is 132 Å². The van der Waals surface area contributed by atoms with Gasteiger partial charge in [-0.1, -0.05) is 12.1 Å². The number of carbonyl (C=O) groups excluding carboxylic acids is 1. The third kappa shape index (κ3) is 5.17. The number of allylic oxidation sites excluding steroid dienone is 3. The molecule has 1 aromatic rings. The van der Waals surface area contributed by atoms with E-state index >= 15 is 0 Å². The Bertz CT molecular complexity index is 759. The van der Waals surface area contributed by atoms with Gasteiger partial charge >= 0.3 is 7.75 Å². The lowest BCUT2D eigenvalue weighted by Crippen LogP contribution is -2.16. The number of ketones is 1. The summed E-state index contributed by atoms with van der Waals surface area (Å²) in [5.41, 5.74) is 0.702. The molecule has 1 aliphatic carbocycles. The summed E-state index contributed by atoms with van der Waals surface area (Å²) in [6.07, 6.45) is 2.85. The number of aliphatic hydroxyl groups is 1. The zero-order valence-corrected chi connectivity index (χ0v) is 13.0. The average molecular weight is 337 g/mol. The van der Waals surface area contributed by atoms with Crippen LogP contribution in [0.2, 0.25) is 0 Å². The van der Waals surface area contributed by atoms with Crippen molar-refractivity contribution >= 4 is 19.2 Å². The summed E-state index contributed by atoms with van der Waals surface area (Å²) in [6, 6.07) is 6.46. The summed E-state index contributed by atoms with van der Waals surface area (Å²) >= 11 is 0. The first kappa shape index (κ1) is 17.1. The molecule has 2 rings (SSSR count). The SMILES string of the molecule is O=C(CCc1cccc(O)c1)C1=CC(O)=CCC1=NP(=O)(O)O. The molecule has 0 heterocycles. The van der Waals surface area contributed by atoms with Crippen LogP contribution in [-0.4, -0.2) is 31.5 Å². The first-order chi connectivity index (χ1) is 10.7. The molecule has 0 saturated heterocycles. The van der Waals surface area contributed by atoms with Crippen LogP contribution in [0, 0.1) is 0 Å². The standard InChI is InChI=1S/C15H16NO6P/c17-11-3-1-2-10(8-11)4-7-15(19)13-9-12(18)5-6-14(13)16-23(20,21)22/h1-3,5,8-9,17-18H,4,6-7H2,(H2,20,21,22). The monoisotopic (exact) mass is 337 g/mol. The third-order valence-corrected chi connectivity index (χ3v) is 3.71. The molecule has 0 amide bonds. The van der Waals surface area contributed by atoms with E-state index in [1.807, 2.05) is 0 Å². The first-order valence-corrected chi connectivity index (χ1v) is 8.38. The highest BCUT2D eigenvalue weighted by atomic mass is 31.2. The Hall–Kier alpha value is -2.21. The van der Waals surface area contributed by atoms with Crippen LogP contribution in [0.25, 0.3) is 0 Å². The van der Waals surface area contributed by atoms with Crippen molar-refractivity contribution in [2.75, 3.05) is 0 Å². The van der Waals surface area contributed by atoms with Crippen molar-refractivity contribution < 1.29 is 29.4 Å². The molecule has 7 nitrogen and oxygen atoms in total. The normalized spacial score (nSPS) is 16.9. The van der Waals surface area contributed by atoms with E-state index in [1.165, 1.54) is 18.2 Å². The van der Waals surface area contributed by atoms with Crippen LogP contribution in [0.15, 0.2) is 52.5 Å². The number of nitrogens with zero attached hydrogens (tertiary/aromatic N) is 1. The summed E-state index contributed by atoms with van der Waals surface area (Å²) in [6.45, 7) is 0. The Kier molecular flexibility index (Phi) is 5.15. The minimum absolute atomic E-state index is 0.00604. The third-order valence-electron chi connectivity index (χ3n) is 3.21. The largest absolute Gasteiger partial charge is 0.508 e. The number of aliphatic hydroxyl groups excluding tert-OH is 1. The molecule has 4 N–H and O–H groups in total. The number of Topliss-reactive ketones (excluding diaryl/α,β-unsaturated/α-hetero) is 1. The molecule has 0 unspecified atom stereocenters. The van der Waals surface area contributed by atoms with Gasteiger partial charge in [0.2, 0.25) is 0 Å². The lowest BCUT2D eigenvalue weighted by Gasteiger charge is -2.13. The highest BCUT2D eigenvalue weighted by molar-refractivity contribution is 7.50. The fourth-order valence-electron chi connectivity index (χ4n) is 2.20. The van der Waals surface area contributed by atoms with Crippen molar-refractivity contribution in [2.24, 2.45) is 4.76 Å². The van der Waals surface area contributed by atoms with E-state index in [-0.39, 0.29) is 41.4 Å². The second-order valence-corrected chi connectivity index (χ2v) is 6.27. The number of benzene rings is 1. The predicted molar refractivity (Wildman–Crippen MR) is 84.3 cm³/mol. The van der Waals surface area contributed by atoms with E-state index in [0.29, 0.717) is 6.42 Å². The van der Waals surface area contributed by atoms with E-state index in [2.05, 4.69) is 4.76 Å². The Balaban J connectivity index is 2.16. The minimum atomic E-state index is -4.66.